The molecule has 0 radical (unpaired) electrons. The molecule has 0 aliphatic carbocycles. The maximum atomic E-state index is 12.9. The largest absolute Gasteiger partial charge is 0.497 e. The number of furan rings is 1. The lowest BCUT2D eigenvalue weighted by atomic mass is 10.1. The van der Waals surface area contributed by atoms with Crippen molar-refractivity contribution in [2.45, 2.75) is 13.8 Å². The van der Waals surface area contributed by atoms with Crippen LogP contribution < -0.4 is 4.74 Å². The van der Waals surface area contributed by atoms with Gasteiger partial charge in [0, 0.05) is 22.7 Å². The number of amidine groups is 1. The quantitative estimate of drug-likeness (QED) is 0.371. The number of nitrogens with zero attached hydrogens (tertiary/aromatic N) is 2. The average molecular weight is 497 g/mol. The van der Waals surface area contributed by atoms with Gasteiger partial charge in [0.15, 0.2) is 5.17 Å². The molecule has 1 aliphatic rings. The topological polar surface area (TPSA) is 55.0 Å². The molecule has 0 N–H and O–H groups in total. The van der Waals surface area contributed by atoms with E-state index >= 15 is 0 Å². The molecule has 4 rings (SSSR count). The summed E-state index contributed by atoms with van der Waals surface area (Å²) in [5.41, 5.74) is 2.90. The van der Waals surface area contributed by atoms with Gasteiger partial charge < -0.3 is 9.15 Å². The highest BCUT2D eigenvalue weighted by Crippen LogP contribution is 2.36. The Bertz CT molecular complexity index is 1180. The Kier molecular flexibility index (Phi) is 6.34. The number of aliphatic imine (C=N–C) groups is 1. The standard InChI is InChI=1S/C24H21BrN2O3S/c1-4-27-23(28)22(31-24(27)26-16-6-8-17(29-3)9-7-16)14-18-10-12-21(30-18)19-11-5-15(2)13-20(19)25/h5-14H,4H2,1-3H3/b22-14-,26-24?. The van der Waals surface area contributed by atoms with E-state index in [1.807, 2.05) is 68.4 Å². The van der Waals surface area contributed by atoms with Crippen molar-refractivity contribution in [3.8, 4) is 17.1 Å². The van der Waals surface area contributed by atoms with E-state index in [0.717, 1.165) is 27.2 Å². The number of amides is 1. The molecule has 158 valence electrons. The molecule has 0 saturated carbocycles. The molecule has 5 nitrogen and oxygen atoms in total. The lowest BCUT2D eigenvalue weighted by Gasteiger charge is -2.12. The second-order valence-electron chi connectivity index (χ2n) is 6.94. The monoisotopic (exact) mass is 496 g/mol. The van der Waals surface area contributed by atoms with Crippen molar-refractivity contribution in [2.75, 3.05) is 13.7 Å². The fraction of sp³-hybridized carbons (Fsp3) is 0.167. The first-order valence-corrected chi connectivity index (χ1v) is 11.4. The minimum atomic E-state index is -0.0748. The van der Waals surface area contributed by atoms with Gasteiger partial charge in [-0.2, -0.15) is 0 Å². The van der Waals surface area contributed by atoms with Crippen LogP contribution in [0.4, 0.5) is 5.69 Å². The zero-order valence-electron chi connectivity index (χ0n) is 17.4. The number of ether oxygens (including phenoxy) is 1. The van der Waals surface area contributed by atoms with E-state index < -0.39 is 0 Å². The van der Waals surface area contributed by atoms with Gasteiger partial charge in [0.05, 0.1) is 17.7 Å². The van der Waals surface area contributed by atoms with Gasteiger partial charge in [-0.15, -0.1) is 0 Å². The molecule has 0 unspecified atom stereocenters. The number of hydrogen-bond donors (Lipinski definition) is 0. The van der Waals surface area contributed by atoms with E-state index in [2.05, 4.69) is 20.9 Å². The molecule has 1 saturated heterocycles. The van der Waals surface area contributed by atoms with Crippen LogP contribution in [-0.4, -0.2) is 29.6 Å². The molecule has 31 heavy (non-hydrogen) atoms. The number of carbonyl (C=O) groups excluding carboxylic acids is 1. The SMILES string of the molecule is CCN1C(=O)/C(=C/c2ccc(-c3ccc(C)cc3Br)o2)SC1=Nc1ccc(OC)cc1. The lowest BCUT2D eigenvalue weighted by Crippen LogP contribution is -2.28. The highest BCUT2D eigenvalue weighted by Gasteiger charge is 2.32. The number of likely N-dealkylation sites (N-methyl/N-ethyl adjacent to an activating group) is 1. The lowest BCUT2D eigenvalue weighted by molar-refractivity contribution is -0.122. The number of benzene rings is 2. The molecule has 2 heterocycles. The summed E-state index contributed by atoms with van der Waals surface area (Å²) in [6, 6.07) is 17.3. The fourth-order valence-corrected chi connectivity index (χ4v) is 4.89. The molecule has 0 spiro atoms. The van der Waals surface area contributed by atoms with Crippen LogP contribution in [0.5, 0.6) is 5.75 Å². The average Bonchev–Trinajstić information content (AvgIpc) is 3.33. The van der Waals surface area contributed by atoms with Gasteiger partial charge in [-0.3, -0.25) is 9.69 Å². The van der Waals surface area contributed by atoms with Gasteiger partial charge in [0.1, 0.15) is 17.3 Å². The van der Waals surface area contributed by atoms with Gasteiger partial charge in [-0.05, 0) is 79.7 Å². The minimum Gasteiger partial charge on any atom is -0.497 e. The Morgan fingerprint density at radius 2 is 1.94 bits per heavy atom. The van der Waals surface area contributed by atoms with Crippen molar-refractivity contribution in [2.24, 2.45) is 4.99 Å². The predicted molar refractivity (Wildman–Crippen MR) is 130 cm³/mol. The molecule has 1 amide bonds. The number of halogens is 1. The van der Waals surface area contributed by atoms with Crippen LogP contribution in [0.25, 0.3) is 17.4 Å². The first kappa shape index (κ1) is 21.5. The summed E-state index contributed by atoms with van der Waals surface area (Å²) in [5.74, 6) is 2.06. The van der Waals surface area contributed by atoms with Gasteiger partial charge in [0.25, 0.3) is 5.91 Å². The third-order valence-electron chi connectivity index (χ3n) is 4.79. The third-order valence-corrected chi connectivity index (χ3v) is 6.45. The molecule has 2 aromatic carbocycles. The first-order valence-electron chi connectivity index (χ1n) is 9.79. The summed E-state index contributed by atoms with van der Waals surface area (Å²) < 4.78 is 12.2. The Balaban J connectivity index is 1.60. The van der Waals surface area contributed by atoms with Crippen LogP contribution in [0, 0.1) is 6.92 Å². The van der Waals surface area contributed by atoms with Crippen LogP contribution in [0.2, 0.25) is 0 Å². The van der Waals surface area contributed by atoms with Crippen molar-refractivity contribution in [1.82, 2.24) is 4.90 Å². The molecule has 0 bridgehead atoms. The van der Waals surface area contributed by atoms with Crippen molar-refractivity contribution < 1.29 is 13.9 Å². The van der Waals surface area contributed by atoms with Crippen molar-refractivity contribution >= 4 is 50.5 Å². The second kappa shape index (κ2) is 9.16. The summed E-state index contributed by atoms with van der Waals surface area (Å²) in [5, 5.41) is 0.650. The summed E-state index contributed by atoms with van der Waals surface area (Å²) in [6.45, 7) is 4.52. The van der Waals surface area contributed by atoms with Gasteiger partial charge in [-0.25, -0.2) is 4.99 Å². The molecule has 3 aromatic rings. The molecule has 1 aliphatic heterocycles. The number of methoxy groups -OCH3 is 1. The van der Waals surface area contributed by atoms with Crippen molar-refractivity contribution in [3.63, 3.8) is 0 Å². The highest BCUT2D eigenvalue weighted by atomic mass is 79.9. The molecular weight excluding hydrogens is 476 g/mol. The van der Waals surface area contributed by atoms with E-state index in [9.17, 15) is 4.79 Å². The van der Waals surface area contributed by atoms with E-state index in [0.29, 0.717) is 22.4 Å². The van der Waals surface area contributed by atoms with E-state index in [1.54, 1.807) is 18.1 Å². The van der Waals surface area contributed by atoms with Crippen LogP contribution >= 0.6 is 27.7 Å². The van der Waals surface area contributed by atoms with Crippen molar-refractivity contribution in [3.05, 3.63) is 75.3 Å². The zero-order valence-corrected chi connectivity index (χ0v) is 19.8. The Hall–Kier alpha value is -2.77. The smallest absolute Gasteiger partial charge is 0.266 e. The van der Waals surface area contributed by atoms with Crippen LogP contribution in [0.15, 0.2) is 73.4 Å². The van der Waals surface area contributed by atoms with Gasteiger partial charge >= 0.3 is 0 Å². The minimum absolute atomic E-state index is 0.0748. The third kappa shape index (κ3) is 4.62. The molecular formula is C24H21BrN2O3S. The maximum Gasteiger partial charge on any atom is 0.266 e. The normalized spacial score (nSPS) is 16.5. The maximum absolute atomic E-state index is 12.9. The van der Waals surface area contributed by atoms with Gasteiger partial charge in [0.2, 0.25) is 0 Å². The molecule has 7 heteroatoms. The fourth-order valence-electron chi connectivity index (χ4n) is 3.16. The highest BCUT2D eigenvalue weighted by molar-refractivity contribution is 9.10. The Morgan fingerprint density at radius 1 is 1.16 bits per heavy atom. The van der Waals surface area contributed by atoms with Gasteiger partial charge in [-0.1, -0.05) is 22.0 Å². The summed E-state index contributed by atoms with van der Waals surface area (Å²) in [6.07, 6.45) is 1.78. The summed E-state index contributed by atoms with van der Waals surface area (Å²) in [7, 11) is 1.62. The second-order valence-corrected chi connectivity index (χ2v) is 8.80. The number of thioether (sulfide) groups is 1. The van der Waals surface area contributed by atoms with Crippen LogP contribution in [0.1, 0.15) is 18.2 Å². The first-order chi connectivity index (χ1) is 15.0. The van der Waals surface area contributed by atoms with E-state index in [-0.39, 0.29) is 5.91 Å². The number of rotatable bonds is 5. The number of aryl methyl sites for hydroxylation is 1. The van der Waals surface area contributed by atoms with Crippen LogP contribution in [0.3, 0.4) is 0 Å². The zero-order chi connectivity index (χ0) is 22.0. The van der Waals surface area contributed by atoms with E-state index in [4.69, 9.17) is 9.15 Å². The van der Waals surface area contributed by atoms with Crippen LogP contribution in [-0.2, 0) is 4.79 Å². The predicted octanol–water partition coefficient (Wildman–Crippen LogP) is 6.65. The molecule has 1 aromatic heterocycles. The Morgan fingerprint density at radius 3 is 2.61 bits per heavy atom. The molecule has 0 atom stereocenters. The summed E-state index contributed by atoms with van der Waals surface area (Å²) in [4.78, 5) is 19.8. The molecule has 1 fully saturated rings. The number of hydrogen-bond acceptors (Lipinski definition) is 5. The number of carbonyl (C=O) groups is 1. The summed E-state index contributed by atoms with van der Waals surface area (Å²) >= 11 is 4.94. The van der Waals surface area contributed by atoms with Crippen molar-refractivity contribution in [1.29, 1.82) is 0 Å². The Labute approximate surface area is 193 Å². The van der Waals surface area contributed by atoms with E-state index in [1.165, 1.54) is 17.3 Å².